The summed E-state index contributed by atoms with van der Waals surface area (Å²) in [5, 5.41) is 14.0. The zero-order valence-electron chi connectivity index (χ0n) is 16.3. The van der Waals surface area contributed by atoms with Crippen LogP contribution < -0.4 is 10.1 Å². The van der Waals surface area contributed by atoms with Gasteiger partial charge in [-0.1, -0.05) is 11.6 Å². The zero-order chi connectivity index (χ0) is 20.9. The first-order valence-corrected chi connectivity index (χ1v) is 10.9. The Hall–Kier alpha value is -2.39. The average Bonchev–Trinajstić information content (AvgIpc) is 3.15. The molecule has 1 amide bonds. The molecular weight excluding hydrogens is 426 g/mol. The molecule has 0 saturated carbocycles. The minimum Gasteiger partial charge on any atom is -0.507 e. The monoisotopic (exact) mass is 447 g/mol. The fourth-order valence-electron chi connectivity index (χ4n) is 3.23. The fourth-order valence-corrected chi connectivity index (χ4v) is 4.42. The molecule has 0 aliphatic carbocycles. The third-order valence-corrected chi connectivity index (χ3v) is 6.07. The Balaban J connectivity index is 1.33. The van der Waals surface area contributed by atoms with Gasteiger partial charge in [0, 0.05) is 30.7 Å². The number of thiazole rings is 1. The van der Waals surface area contributed by atoms with Crippen LogP contribution in [0.25, 0.3) is 20.8 Å². The number of fused-ring (bicyclic) bond motifs is 1. The highest BCUT2D eigenvalue weighted by Crippen LogP contribution is 2.37. The Labute approximate surface area is 183 Å². The summed E-state index contributed by atoms with van der Waals surface area (Å²) < 4.78 is 11.6. The Morgan fingerprint density at radius 3 is 2.90 bits per heavy atom. The van der Waals surface area contributed by atoms with Gasteiger partial charge in [0.1, 0.15) is 16.5 Å². The topological polar surface area (TPSA) is 83.9 Å². The summed E-state index contributed by atoms with van der Waals surface area (Å²) in [5.74, 6) is 0.526. The number of amides is 1. The number of aromatic nitrogens is 1. The van der Waals surface area contributed by atoms with Gasteiger partial charge in [0.15, 0.2) is 0 Å². The van der Waals surface area contributed by atoms with Crippen molar-refractivity contribution in [1.29, 1.82) is 0 Å². The number of nitrogens with one attached hydrogen (secondary N) is 1. The van der Waals surface area contributed by atoms with Crippen LogP contribution in [-0.2, 0) is 4.74 Å². The third-order valence-electron chi connectivity index (χ3n) is 4.78. The van der Waals surface area contributed by atoms with Gasteiger partial charge in [-0.05, 0) is 43.3 Å². The first-order valence-electron chi connectivity index (χ1n) is 9.74. The molecule has 1 aliphatic rings. The number of nitrogens with zero attached hydrogens (tertiary/aromatic N) is 2. The maximum atomic E-state index is 12.1. The number of ether oxygens (including phenoxy) is 2. The molecule has 1 aliphatic heterocycles. The summed E-state index contributed by atoms with van der Waals surface area (Å²) in [5.41, 5.74) is 1.38. The molecular formula is C21H22ClN3O4S. The van der Waals surface area contributed by atoms with Gasteiger partial charge < -0.3 is 19.9 Å². The molecule has 2 heterocycles. The largest absolute Gasteiger partial charge is 0.507 e. The van der Waals surface area contributed by atoms with Gasteiger partial charge in [-0.2, -0.15) is 0 Å². The smallest absolute Gasteiger partial charge is 0.412 e. The van der Waals surface area contributed by atoms with Crippen LogP contribution in [-0.4, -0.2) is 60.5 Å². The SMILES string of the molecule is O=C(NCCCN1CCOCC1)Oc1ccc2nc(-c3ccc(Cl)cc3O)sc2c1. The number of carbonyl (C=O) groups excluding carboxylic acids is 1. The van der Waals surface area contributed by atoms with E-state index in [9.17, 15) is 9.90 Å². The number of carbonyl (C=O) groups is 1. The molecule has 2 N–H and O–H groups in total. The molecule has 158 valence electrons. The lowest BCUT2D eigenvalue weighted by atomic mass is 10.2. The number of morpholine rings is 1. The summed E-state index contributed by atoms with van der Waals surface area (Å²) in [7, 11) is 0. The molecule has 2 aromatic carbocycles. The number of hydrogen-bond acceptors (Lipinski definition) is 7. The van der Waals surface area contributed by atoms with Crippen molar-refractivity contribution in [3.05, 3.63) is 41.4 Å². The summed E-state index contributed by atoms with van der Waals surface area (Å²) in [6, 6.07) is 10.2. The number of phenols is 1. The molecule has 7 nitrogen and oxygen atoms in total. The second-order valence-electron chi connectivity index (χ2n) is 6.93. The van der Waals surface area contributed by atoms with Crippen molar-refractivity contribution in [2.24, 2.45) is 0 Å². The number of benzene rings is 2. The van der Waals surface area contributed by atoms with Crippen molar-refractivity contribution >= 4 is 39.2 Å². The number of halogens is 1. The van der Waals surface area contributed by atoms with Crippen molar-refractivity contribution in [1.82, 2.24) is 15.2 Å². The highest BCUT2D eigenvalue weighted by atomic mass is 35.5. The van der Waals surface area contributed by atoms with E-state index in [-0.39, 0.29) is 5.75 Å². The molecule has 0 bridgehead atoms. The van der Waals surface area contributed by atoms with E-state index in [0.717, 1.165) is 49.5 Å². The molecule has 1 saturated heterocycles. The van der Waals surface area contributed by atoms with Gasteiger partial charge in [0.25, 0.3) is 0 Å². The van der Waals surface area contributed by atoms with E-state index >= 15 is 0 Å². The maximum absolute atomic E-state index is 12.1. The predicted molar refractivity (Wildman–Crippen MR) is 118 cm³/mol. The van der Waals surface area contributed by atoms with Crippen molar-refractivity contribution < 1.29 is 19.4 Å². The van der Waals surface area contributed by atoms with E-state index in [4.69, 9.17) is 21.1 Å². The van der Waals surface area contributed by atoms with Crippen molar-refractivity contribution in [2.45, 2.75) is 6.42 Å². The lowest BCUT2D eigenvalue weighted by molar-refractivity contribution is 0.0375. The quantitative estimate of drug-likeness (QED) is 0.553. The number of rotatable bonds is 6. The average molecular weight is 448 g/mol. The molecule has 0 atom stereocenters. The highest BCUT2D eigenvalue weighted by Gasteiger charge is 2.13. The lowest BCUT2D eigenvalue weighted by Gasteiger charge is -2.26. The second-order valence-corrected chi connectivity index (χ2v) is 8.40. The molecule has 0 radical (unpaired) electrons. The van der Waals surface area contributed by atoms with Crippen LogP contribution in [0.15, 0.2) is 36.4 Å². The maximum Gasteiger partial charge on any atom is 0.412 e. The molecule has 0 unspecified atom stereocenters. The minimum absolute atomic E-state index is 0.0782. The second kappa shape index (κ2) is 9.61. The molecule has 1 fully saturated rings. The van der Waals surface area contributed by atoms with Crippen LogP contribution in [0, 0.1) is 0 Å². The molecule has 4 rings (SSSR count). The first-order chi connectivity index (χ1) is 14.6. The summed E-state index contributed by atoms with van der Waals surface area (Å²) >= 11 is 7.31. The number of hydrogen-bond donors (Lipinski definition) is 2. The Kier molecular flexibility index (Phi) is 6.69. The minimum atomic E-state index is -0.476. The van der Waals surface area contributed by atoms with Gasteiger partial charge in [-0.15, -0.1) is 11.3 Å². The zero-order valence-corrected chi connectivity index (χ0v) is 17.8. The van der Waals surface area contributed by atoms with E-state index in [1.165, 1.54) is 17.4 Å². The predicted octanol–water partition coefficient (Wildman–Crippen LogP) is 4.13. The standard InChI is InChI=1S/C21H22ClN3O4S/c22-14-2-4-16(18(26)12-14)20-24-17-5-3-15(13-19(17)30-20)29-21(27)23-6-1-7-25-8-10-28-11-9-25/h2-5,12-13,26H,1,6-11H2,(H,23,27). The molecule has 1 aromatic heterocycles. The Morgan fingerprint density at radius 2 is 2.10 bits per heavy atom. The third kappa shape index (κ3) is 5.20. The van der Waals surface area contributed by atoms with E-state index < -0.39 is 6.09 Å². The van der Waals surface area contributed by atoms with Gasteiger partial charge >= 0.3 is 6.09 Å². The van der Waals surface area contributed by atoms with Gasteiger partial charge in [0.05, 0.1) is 29.0 Å². The highest BCUT2D eigenvalue weighted by molar-refractivity contribution is 7.21. The lowest BCUT2D eigenvalue weighted by Crippen LogP contribution is -2.38. The van der Waals surface area contributed by atoms with Crippen molar-refractivity contribution in [3.8, 4) is 22.1 Å². The normalized spacial score (nSPS) is 14.7. The summed E-state index contributed by atoms with van der Waals surface area (Å²) in [6.07, 6.45) is 0.383. The summed E-state index contributed by atoms with van der Waals surface area (Å²) in [4.78, 5) is 18.9. The van der Waals surface area contributed by atoms with E-state index in [1.807, 2.05) is 0 Å². The Morgan fingerprint density at radius 1 is 1.27 bits per heavy atom. The van der Waals surface area contributed by atoms with Crippen LogP contribution in [0.5, 0.6) is 11.5 Å². The summed E-state index contributed by atoms with van der Waals surface area (Å²) in [6.45, 7) is 4.91. The van der Waals surface area contributed by atoms with Crippen LogP contribution in [0.2, 0.25) is 5.02 Å². The van der Waals surface area contributed by atoms with E-state index in [1.54, 1.807) is 30.3 Å². The van der Waals surface area contributed by atoms with E-state index in [2.05, 4.69) is 15.2 Å². The van der Waals surface area contributed by atoms with Crippen LogP contribution in [0.1, 0.15) is 6.42 Å². The van der Waals surface area contributed by atoms with Crippen LogP contribution in [0.4, 0.5) is 4.79 Å². The Bertz CT molecular complexity index is 1040. The number of aromatic hydroxyl groups is 1. The van der Waals surface area contributed by atoms with Gasteiger partial charge in [-0.3, -0.25) is 4.90 Å². The van der Waals surface area contributed by atoms with Gasteiger partial charge in [-0.25, -0.2) is 9.78 Å². The fraction of sp³-hybridized carbons (Fsp3) is 0.333. The molecule has 0 spiro atoms. The van der Waals surface area contributed by atoms with Gasteiger partial charge in [0.2, 0.25) is 0 Å². The van der Waals surface area contributed by atoms with Crippen molar-refractivity contribution in [2.75, 3.05) is 39.4 Å². The van der Waals surface area contributed by atoms with E-state index in [0.29, 0.717) is 27.9 Å². The molecule has 30 heavy (non-hydrogen) atoms. The molecule has 3 aromatic rings. The van der Waals surface area contributed by atoms with Crippen molar-refractivity contribution in [3.63, 3.8) is 0 Å². The molecule has 9 heteroatoms. The number of phenolic OH excluding ortho intramolecular Hbond substituents is 1. The van der Waals surface area contributed by atoms with Crippen LogP contribution >= 0.6 is 22.9 Å². The van der Waals surface area contributed by atoms with Crippen LogP contribution in [0.3, 0.4) is 0 Å². The first kappa shape index (κ1) is 20.9.